The summed E-state index contributed by atoms with van der Waals surface area (Å²) in [5.41, 5.74) is 5.90. The fourth-order valence-corrected chi connectivity index (χ4v) is 1.81. The van der Waals surface area contributed by atoms with E-state index in [2.05, 4.69) is 36.2 Å². The third kappa shape index (κ3) is 3.20. The zero-order valence-corrected chi connectivity index (χ0v) is 10.8. The predicted molar refractivity (Wildman–Crippen MR) is 61.4 cm³/mol. The van der Waals surface area contributed by atoms with Crippen LogP contribution < -0.4 is 10.5 Å². The van der Waals surface area contributed by atoms with E-state index in [4.69, 9.17) is 5.73 Å². The maximum Gasteiger partial charge on any atom is 0.573 e. The smallest absolute Gasteiger partial charge is 0.405 e. The Morgan fingerprint density at radius 3 is 2.68 bits per heavy atom. The molecule has 2 aromatic rings. The van der Waals surface area contributed by atoms with Crippen molar-refractivity contribution in [1.82, 2.24) is 20.2 Å². The lowest BCUT2D eigenvalue weighted by atomic mass is 10.3. The van der Waals surface area contributed by atoms with Crippen LogP contribution in [0.2, 0.25) is 0 Å². The van der Waals surface area contributed by atoms with Crippen molar-refractivity contribution in [3.05, 3.63) is 28.5 Å². The highest BCUT2D eigenvalue weighted by molar-refractivity contribution is 9.10. The van der Waals surface area contributed by atoms with Crippen LogP contribution in [0.25, 0.3) is 5.69 Å². The number of nitrogens with two attached hydrogens (primary N) is 1. The van der Waals surface area contributed by atoms with Gasteiger partial charge in [-0.05, 0) is 44.6 Å². The first-order valence-electron chi connectivity index (χ1n) is 4.93. The Bertz CT molecular complexity index is 585. The summed E-state index contributed by atoms with van der Waals surface area (Å²) in [6.45, 7) is 0.103. The van der Waals surface area contributed by atoms with Gasteiger partial charge in [0.15, 0.2) is 5.82 Å². The molecule has 2 N–H and O–H groups in total. The summed E-state index contributed by atoms with van der Waals surface area (Å²) >= 11 is 2.99. The largest absolute Gasteiger partial charge is 0.573 e. The van der Waals surface area contributed by atoms with E-state index >= 15 is 0 Å². The number of alkyl halides is 3. The molecule has 0 spiro atoms. The number of tetrazole rings is 1. The minimum Gasteiger partial charge on any atom is -0.405 e. The van der Waals surface area contributed by atoms with Crippen molar-refractivity contribution in [2.24, 2.45) is 5.73 Å². The quantitative estimate of drug-likeness (QED) is 0.923. The summed E-state index contributed by atoms with van der Waals surface area (Å²) in [6, 6.07) is 3.95. The molecule has 0 bridgehead atoms. The summed E-state index contributed by atoms with van der Waals surface area (Å²) in [5, 5.41) is 10.8. The van der Waals surface area contributed by atoms with Crippen molar-refractivity contribution < 1.29 is 17.9 Å². The van der Waals surface area contributed by atoms with E-state index in [1.54, 1.807) is 0 Å². The fourth-order valence-electron chi connectivity index (χ4n) is 1.36. The molecular formula is C9H7BrF3N5O. The van der Waals surface area contributed by atoms with E-state index in [0.29, 0.717) is 11.5 Å². The lowest BCUT2D eigenvalue weighted by molar-refractivity contribution is -0.274. The average Bonchev–Trinajstić information content (AvgIpc) is 2.78. The molecular weight excluding hydrogens is 331 g/mol. The van der Waals surface area contributed by atoms with Crippen molar-refractivity contribution >= 4 is 15.9 Å². The first kappa shape index (κ1) is 13.7. The van der Waals surface area contributed by atoms with Crippen LogP contribution in [0, 0.1) is 0 Å². The van der Waals surface area contributed by atoms with Gasteiger partial charge in [-0.2, -0.15) is 4.68 Å². The third-order valence-electron chi connectivity index (χ3n) is 2.10. The summed E-state index contributed by atoms with van der Waals surface area (Å²) in [4.78, 5) is 0. The van der Waals surface area contributed by atoms with Gasteiger partial charge in [-0.15, -0.1) is 18.3 Å². The van der Waals surface area contributed by atoms with Gasteiger partial charge in [0.05, 0.1) is 16.7 Å². The zero-order valence-electron chi connectivity index (χ0n) is 9.23. The van der Waals surface area contributed by atoms with Crippen molar-refractivity contribution in [2.75, 3.05) is 0 Å². The standard InChI is InChI=1S/C9H7BrF3N5O/c10-6-3-5(18-8(4-14)15-16-17-18)1-2-7(6)19-9(11,12)13/h1-3H,4,14H2. The minimum absolute atomic E-state index is 0.103. The van der Waals surface area contributed by atoms with E-state index < -0.39 is 6.36 Å². The summed E-state index contributed by atoms with van der Waals surface area (Å²) in [5.74, 6) is 0.0370. The summed E-state index contributed by atoms with van der Waals surface area (Å²) in [6.07, 6.45) is -4.75. The summed E-state index contributed by atoms with van der Waals surface area (Å²) < 4.78 is 41.6. The molecule has 19 heavy (non-hydrogen) atoms. The van der Waals surface area contributed by atoms with Gasteiger partial charge in [0.2, 0.25) is 0 Å². The fraction of sp³-hybridized carbons (Fsp3) is 0.222. The highest BCUT2D eigenvalue weighted by atomic mass is 79.9. The molecule has 10 heteroatoms. The predicted octanol–water partition coefficient (Wildman–Crippen LogP) is 1.78. The SMILES string of the molecule is NCc1nnnn1-c1ccc(OC(F)(F)F)c(Br)c1. The molecule has 1 aromatic heterocycles. The van der Waals surface area contributed by atoms with Gasteiger partial charge in [0.1, 0.15) is 5.75 Å². The number of benzene rings is 1. The molecule has 0 aliphatic rings. The molecule has 102 valence electrons. The number of hydrogen-bond acceptors (Lipinski definition) is 5. The third-order valence-corrected chi connectivity index (χ3v) is 2.72. The Morgan fingerprint density at radius 2 is 2.11 bits per heavy atom. The second-order valence-electron chi connectivity index (χ2n) is 3.37. The Morgan fingerprint density at radius 1 is 1.37 bits per heavy atom. The summed E-state index contributed by atoms with van der Waals surface area (Å²) in [7, 11) is 0. The van der Waals surface area contributed by atoms with Crippen LogP contribution in [-0.2, 0) is 6.54 Å². The van der Waals surface area contributed by atoms with Crippen LogP contribution in [0.3, 0.4) is 0 Å². The van der Waals surface area contributed by atoms with Crippen molar-refractivity contribution in [3.63, 3.8) is 0 Å². The van der Waals surface area contributed by atoms with E-state index in [-0.39, 0.29) is 16.8 Å². The van der Waals surface area contributed by atoms with Crippen molar-refractivity contribution in [3.8, 4) is 11.4 Å². The van der Waals surface area contributed by atoms with Crippen LogP contribution in [0.4, 0.5) is 13.2 Å². The highest BCUT2D eigenvalue weighted by Crippen LogP contribution is 2.31. The molecule has 1 heterocycles. The number of aromatic nitrogens is 4. The number of hydrogen-bond donors (Lipinski definition) is 1. The molecule has 2 rings (SSSR count). The number of halogens is 4. The van der Waals surface area contributed by atoms with Crippen LogP contribution in [-0.4, -0.2) is 26.6 Å². The molecule has 0 aliphatic carbocycles. The minimum atomic E-state index is -4.75. The van der Waals surface area contributed by atoms with Crippen LogP contribution in [0.1, 0.15) is 5.82 Å². The molecule has 0 saturated heterocycles. The van der Waals surface area contributed by atoms with Gasteiger partial charge in [0.25, 0.3) is 0 Å². The van der Waals surface area contributed by atoms with E-state index in [1.807, 2.05) is 0 Å². The maximum absolute atomic E-state index is 12.1. The van der Waals surface area contributed by atoms with Gasteiger partial charge in [-0.1, -0.05) is 0 Å². The first-order valence-corrected chi connectivity index (χ1v) is 5.73. The number of rotatable bonds is 3. The van der Waals surface area contributed by atoms with E-state index in [0.717, 1.165) is 6.07 Å². The number of ether oxygens (including phenoxy) is 1. The Hall–Kier alpha value is -1.68. The Kier molecular flexibility index (Phi) is 3.71. The normalized spacial score (nSPS) is 11.6. The maximum atomic E-state index is 12.1. The molecule has 0 radical (unpaired) electrons. The van der Waals surface area contributed by atoms with Gasteiger partial charge in [-0.25, -0.2) is 0 Å². The Balaban J connectivity index is 2.34. The molecule has 6 nitrogen and oxygen atoms in total. The second kappa shape index (κ2) is 5.13. The Labute approximate surface area is 113 Å². The van der Waals surface area contributed by atoms with Gasteiger partial charge < -0.3 is 10.5 Å². The first-order chi connectivity index (χ1) is 8.90. The molecule has 0 atom stereocenters. The lowest BCUT2D eigenvalue weighted by Crippen LogP contribution is -2.17. The second-order valence-corrected chi connectivity index (χ2v) is 4.23. The van der Waals surface area contributed by atoms with Gasteiger partial charge in [-0.3, -0.25) is 0 Å². The zero-order chi connectivity index (χ0) is 14.0. The van der Waals surface area contributed by atoms with Crippen LogP contribution >= 0.6 is 15.9 Å². The van der Waals surface area contributed by atoms with Crippen LogP contribution in [0.15, 0.2) is 22.7 Å². The van der Waals surface area contributed by atoms with Crippen LogP contribution in [0.5, 0.6) is 5.75 Å². The molecule has 0 unspecified atom stereocenters. The van der Waals surface area contributed by atoms with E-state index in [1.165, 1.54) is 16.8 Å². The van der Waals surface area contributed by atoms with E-state index in [9.17, 15) is 13.2 Å². The molecule has 0 amide bonds. The molecule has 0 aliphatic heterocycles. The lowest BCUT2D eigenvalue weighted by Gasteiger charge is -2.11. The molecule has 1 aromatic carbocycles. The average molecular weight is 338 g/mol. The number of nitrogens with zero attached hydrogens (tertiary/aromatic N) is 4. The molecule has 0 fully saturated rings. The monoisotopic (exact) mass is 337 g/mol. The topological polar surface area (TPSA) is 78.9 Å². The van der Waals surface area contributed by atoms with Crippen molar-refractivity contribution in [1.29, 1.82) is 0 Å². The molecule has 0 saturated carbocycles. The van der Waals surface area contributed by atoms with Crippen molar-refractivity contribution in [2.45, 2.75) is 12.9 Å². The van der Waals surface area contributed by atoms with Gasteiger partial charge in [0, 0.05) is 0 Å². The van der Waals surface area contributed by atoms with Gasteiger partial charge >= 0.3 is 6.36 Å². The highest BCUT2D eigenvalue weighted by Gasteiger charge is 2.32.